The molecule has 16 heavy (non-hydrogen) atoms. The molecule has 0 aliphatic carbocycles. The summed E-state index contributed by atoms with van der Waals surface area (Å²) in [6.45, 7) is 4.61. The van der Waals surface area contributed by atoms with E-state index in [-0.39, 0.29) is 0 Å². The molecule has 0 saturated carbocycles. The van der Waals surface area contributed by atoms with E-state index in [1.54, 1.807) is 4.46 Å². The van der Waals surface area contributed by atoms with E-state index in [0.717, 1.165) is 4.82 Å². The Morgan fingerprint density at radius 1 is 0.938 bits per heavy atom. The van der Waals surface area contributed by atoms with Crippen LogP contribution in [-0.4, -0.2) is 15.0 Å². The molecule has 2 aromatic carbocycles. The fraction of sp³-hybridized carbons (Fsp3) is 0.333. The Kier molecular flexibility index (Phi) is 4.03. The first-order chi connectivity index (χ1) is 7.85. The van der Waals surface area contributed by atoms with Crippen molar-refractivity contribution in [2.75, 3.05) is 0 Å². The average Bonchev–Trinajstić information content (AvgIpc) is 2.36. The van der Waals surface area contributed by atoms with Crippen LogP contribution >= 0.6 is 0 Å². The van der Waals surface area contributed by atoms with Gasteiger partial charge in [0.15, 0.2) is 0 Å². The van der Waals surface area contributed by atoms with Gasteiger partial charge in [-0.2, -0.15) is 0 Å². The summed E-state index contributed by atoms with van der Waals surface area (Å²) >= 11 is 0.615. The van der Waals surface area contributed by atoms with Gasteiger partial charge in [-0.05, 0) is 0 Å². The van der Waals surface area contributed by atoms with Crippen LogP contribution in [0.5, 0.6) is 0 Å². The Morgan fingerprint density at radius 2 is 1.62 bits per heavy atom. The Labute approximate surface area is 104 Å². The molecule has 0 heterocycles. The fourth-order valence-corrected chi connectivity index (χ4v) is 4.37. The Hall–Kier alpha value is -0.781. The molecule has 0 nitrogen and oxygen atoms in total. The summed E-state index contributed by atoms with van der Waals surface area (Å²) in [5.74, 6) is 0. The molecule has 0 aromatic heterocycles. The first-order valence-corrected chi connectivity index (χ1v) is 7.84. The first kappa shape index (κ1) is 11.7. The standard InChI is InChI=1S/C15H18Se/c1-3-13(4-2)16-15-11-7-9-12-8-5-6-10-14(12)15/h5-11,13H,3-4H2,1-2H3. The molecule has 0 radical (unpaired) electrons. The third-order valence-corrected chi connectivity index (χ3v) is 6.33. The van der Waals surface area contributed by atoms with Gasteiger partial charge in [0, 0.05) is 0 Å². The van der Waals surface area contributed by atoms with Gasteiger partial charge in [0.1, 0.15) is 0 Å². The van der Waals surface area contributed by atoms with Crippen LogP contribution in [-0.2, 0) is 0 Å². The Bertz CT molecular complexity index is 452. The van der Waals surface area contributed by atoms with E-state index in [2.05, 4.69) is 56.3 Å². The molecular formula is C15H18Se. The number of hydrogen-bond donors (Lipinski definition) is 0. The van der Waals surface area contributed by atoms with Gasteiger partial charge in [0.2, 0.25) is 0 Å². The van der Waals surface area contributed by atoms with Gasteiger partial charge >= 0.3 is 104 Å². The quantitative estimate of drug-likeness (QED) is 0.746. The van der Waals surface area contributed by atoms with Crippen molar-refractivity contribution in [2.24, 2.45) is 0 Å². The van der Waals surface area contributed by atoms with E-state index in [1.165, 1.54) is 23.6 Å². The maximum atomic E-state index is 2.31. The summed E-state index contributed by atoms with van der Waals surface area (Å²) < 4.78 is 1.57. The van der Waals surface area contributed by atoms with Crippen molar-refractivity contribution >= 4 is 30.2 Å². The minimum atomic E-state index is 0.615. The van der Waals surface area contributed by atoms with Crippen LogP contribution in [0.4, 0.5) is 0 Å². The molecule has 0 aliphatic rings. The molecule has 84 valence electrons. The van der Waals surface area contributed by atoms with Gasteiger partial charge < -0.3 is 0 Å². The van der Waals surface area contributed by atoms with Crippen LogP contribution in [0.3, 0.4) is 0 Å². The number of hydrogen-bond acceptors (Lipinski definition) is 0. The molecule has 0 amide bonds. The normalized spacial score (nSPS) is 11.2. The molecule has 0 N–H and O–H groups in total. The minimum absolute atomic E-state index is 0.615. The summed E-state index contributed by atoms with van der Waals surface area (Å²) in [6, 6.07) is 15.5. The van der Waals surface area contributed by atoms with Crippen molar-refractivity contribution in [1.82, 2.24) is 0 Å². The van der Waals surface area contributed by atoms with E-state index in [9.17, 15) is 0 Å². The first-order valence-electron chi connectivity index (χ1n) is 5.99. The third kappa shape index (κ3) is 2.48. The van der Waals surface area contributed by atoms with Crippen molar-refractivity contribution in [2.45, 2.75) is 31.5 Å². The maximum absolute atomic E-state index is 2.31. The van der Waals surface area contributed by atoms with Crippen LogP contribution in [0.25, 0.3) is 10.8 Å². The van der Waals surface area contributed by atoms with E-state index in [0.29, 0.717) is 15.0 Å². The van der Waals surface area contributed by atoms with Crippen LogP contribution in [0.2, 0.25) is 4.82 Å². The van der Waals surface area contributed by atoms with E-state index >= 15 is 0 Å². The van der Waals surface area contributed by atoms with Gasteiger partial charge in [-0.15, -0.1) is 0 Å². The van der Waals surface area contributed by atoms with Crippen LogP contribution in [0.1, 0.15) is 26.7 Å². The molecule has 0 saturated heterocycles. The van der Waals surface area contributed by atoms with Crippen molar-refractivity contribution < 1.29 is 0 Å². The predicted molar refractivity (Wildman–Crippen MR) is 73.7 cm³/mol. The second-order valence-electron chi connectivity index (χ2n) is 4.03. The SMILES string of the molecule is CCC(CC)[Se]c1cccc2ccccc12. The number of rotatable bonds is 4. The summed E-state index contributed by atoms with van der Waals surface area (Å²) in [6.07, 6.45) is 2.61. The van der Waals surface area contributed by atoms with Crippen molar-refractivity contribution in [3.8, 4) is 0 Å². The van der Waals surface area contributed by atoms with E-state index in [4.69, 9.17) is 0 Å². The monoisotopic (exact) mass is 278 g/mol. The topological polar surface area (TPSA) is 0 Å². The molecule has 0 spiro atoms. The zero-order valence-electron chi connectivity index (χ0n) is 9.94. The summed E-state index contributed by atoms with van der Waals surface area (Å²) in [7, 11) is 0. The van der Waals surface area contributed by atoms with Crippen molar-refractivity contribution in [3.63, 3.8) is 0 Å². The number of fused-ring (bicyclic) bond motifs is 1. The zero-order valence-corrected chi connectivity index (χ0v) is 11.7. The molecule has 0 aliphatic heterocycles. The van der Waals surface area contributed by atoms with Crippen molar-refractivity contribution in [3.05, 3.63) is 42.5 Å². The van der Waals surface area contributed by atoms with Crippen LogP contribution in [0.15, 0.2) is 42.5 Å². The molecular weight excluding hydrogens is 259 g/mol. The van der Waals surface area contributed by atoms with Gasteiger partial charge in [0.25, 0.3) is 0 Å². The Morgan fingerprint density at radius 3 is 2.38 bits per heavy atom. The van der Waals surface area contributed by atoms with Crippen molar-refractivity contribution in [1.29, 1.82) is 0 Å². The number of benzene rings is 2. The molecule has 1 heteroatoms. The summed E-state index contributed by atoms with van der Waals surface area (Å²) in [5.41, 5.74) is 0. The molecule has 2 rings (SSSR count). The van der Waals surface area contributed by atoms with E-state index < -0.39 is 0 Å². The Balaban J connectivity index is 2.36. The average molecular weight is 277 g/mol. The van der Waals surface area contributed by atoms with E-state index in [1.807, 2.05) is 0 Å². The third-order valence-electron chi connectivity index (χ3n) is 2.95. The van der Waals surface area contributed by atoms with Crippen LogP contribution in [0, 0.1) is 0 Å². The molecule has 0 bridgehead atoms. The zero-order chi connectivity index (χ0) is 11.4. The van der Waals surface area contributed by atoms with Gasteiger partial charge in [0.05, 0.1) is 0 Å². The summed E-state index contributed by atoms with van der Waals surface area (Å²) in [4.78, 5) is 0.887. The molecule has 2 aromatic rings. The predicted octanol–water partition coefficient (Wildman–Crippen LogP) is 3.78. The summed E-state index contributed by atoms with van der Waals surface area (Å²) in [5, 5.41) is 2.84. The van der Waals surface area contributed by atoms with Gasteiger partial charge in [-0.1, -0.05) is 0 Å². The molecule has 0 fully saturated rings. The van der Waals surface area contributed by atoms with Gasteiger partial charge in [-0.3, -0.25) is 0 Å². The molecule has 0 unspecified atom stereocenters. The fourth-order valence-electron chi connectivity index (χ4n) is 1.93. The second kappa shape index (κ2) is 5.52. The van der Waals surface area contributed by atoms with Crippen LogP contribution < -0.4 is 4.46 Å². The van der Waals surface area contributed by atoms with Gasteiger partial charge in [-0.25, -0.2) is 0 Å². The second-order valence-corrected chi connectivity index (χ2v) is 6.85. The molecule has 0 atom stereocenters.